The smallest absolute Gasteiger partial charge is 0.223 e. The molecule has 2 N–H and O–H groups in total. The number of hydrogen-bond donors (Lipinski definition) is 2. The van der Waals surface area contributed by atoms with E-state index in [1.807, 2.05) is 23.1 Å². The Kier molecular flexibility index (Phi) is 8.32. The number of hydrogen-bond acceptors (Lipinski definition) is 4. The molecule has 1 aliphatic heterocycles. The molecule has 3 rings (SSSR count). The highest BCUT2D eigenvalue weighted by Gasteiger charge is 2.29. The highest BCUT2D eigenvalue weighted by atomic mass is 35.5. The number of carbonyl (C=O) groups is 1. The standard InChI is InChI=1S/C22H28ClN5O2/c1-24-22(25-10-12-30-20-8-7-19(23)15-26-20)27-14-18-13-21(29)28(16-18)11-9-17-5-3-2-4-6-17/h2-8,15,18H,9-14,16H2,1H3,(H2,24,25,27). The Morgan fingerprint density at radius 1 is 1.27 bits per heavy atom. The molecular formula is C22H28ClN5O2. The van der Waals surface area contributed by atoms with Crippen molar-refractivity contribution in [3.05, 3.63) is 59.2 Å². The maximum atomic E-state index is 12.3. The molecule has 2 aromatic rings. The Morgan fingerprint density at radius 3 is 2.83 bits per heavy atom. The Morgan fingerprint density at radius 2 is 2.10 bits per heavy atom. The lowest BCUT2D eigenvalue weighted by atomic mass is 10.1. The molecule has 160 valence electrons. The van der Waals surface area contributed by atoms with Crippen LogP contribution in [0.15, 0.2) is 53.7 Å². The number of aliphatic imine (C=N–C) groups is 1. The van der Waals surface area contributed by atoms with Crippen LogP contribution < -0.4 is 15.4 Å². The van der Waals surface area contributed by atoms with Crippen molar-refractivity contribution in [3.8, 4) is 5.88 Å². The average Bonchev–Trinajstić information content (AvgIpc) is 3.13. The second-order valence-corrected chi connectivity index (χ2v) is 7.62. The maximum Gasteiger partial charge on any atom is 0.223 e. The minimum atomic E-state index is 0.226. The van der Waals surface area contributed by atoms with Crippen LogP contribution in [0.4, 0.5) is 0 Å². The van der Waals surface area contributed by atoms with E-state index in [9.17, 15) is 4.79 Å². The number of ether oxygens (including phenoxy) is 1. The fourth-order valence-electron chi connectivity index (χ4n) is 3.35. The second-order valence-electron chi connectivity index (χ2n) is 7.19. The van der Waals surface area contributed by atoms with E-state index in [-0.39, 0.29) is 11.8 Å². The number of halogens is 1. The minimum absolute atomic E-state index is 0.226. The zero-order valence-electron chi connectivity index (χ0n) is 17.2. The quantitative estimate of drug-likeness (QED) is 0.363. The molecule has 8 heteroatoms. The molecule has 1 saturated heterocycles. The monoisotopic (exact) mass is 429 g/mol. The number of nitrogens with one attached hydrogen (secondary N) is 2. The minimum Gasteiger partial charge on any atom is -0.476 e. The van der Waals surface area contributed by atoms with E-state index in [1.54, 1.807) is 25.4 Å². The molecule has 0 radical (unpaired) electrons. The zero-order valence-corrected chi connectivity index (χ0v) is 17.9. The van der Waals surface area contributed by atoms with E-state index < -0.39 is 0 Å². The number of carbonyl (C=O) groups excluding carboxylic acids is 1. The maximum absolute atomic E-state index is 12.3. The second kappa shape index (κ2) is 11.4. The number of amides is 1. The van der Waals surface area contributed by atoms with Gasteiger partial charge in [-0.05, 0) is 18.1 Å². The van der Waals surface area contributed by atoms with Crippen LogP contribution >= 0.6 is 11.6 Å². The Balaban J connectivity index is 1.33. The predicted molar refractivity (Wildman–Crippen MR) is 119 cm³/mol. The largest absolute Gasteiger partial charge is 0.476 e. The molecule has 1 atom stereocenters. The van der Waals surface area contributed by atoms with Crippen molar-refractivity contribution in [2.24, 2.45) is 10.9 Å². The summed E-state index contributed by atoms with van der Waals surface area (Å²) in [6, 6.07) is 13.7. The van der Waals surface area contributed by atoms with Gasteiger partial charge in [0.15, 0.2) is 5.96 Å². The van der Waals surface area contributed by atoms with E-state index in [0.29, 0.717) is 43.0 Å². The summed E-state index contributed by atoms with van der Waals surface area (Å²) >= 11 is 5.81. The molecule has 0 spiro atoms. The molecule has 30 heavy (non-hydrogen) atoms. The number of likely N-dealkylation sites (tertiary alicyclic amines) is 1. The van der Waals surface area contributed by atoms with Crippen LogP contribution in [-0.2, 0) is 11.2 Å². The first kappa shape index (κ1) is 21.9. The molecule has 1 unspecified atom stereocenters. The average molecular weight is 430 g/mol. The van der Waals surface area contributed by atoms with E-state index in [1.165, 1.54) is 5.56 Å². The molecule has 1 aliphatic rings. The van der Waals surface area contributed by atoms with Crippen LogP contribution in [0.5, 0.6) is 5.88 Å². The summed E-state index contributed by atoms with van der Waals surface area (Å²) in [5.74, 6) is 1.73. The molecule has 1 amide bonds. The van der Waals surface area contributed by atoms with Crippen molar-refractivity contribution < 1.29 is 9.53 Å². The van der Waals surface area contributed by atoms with Gasteiger partial charge in [-0.15, -0.1) is 0 Å². The van der Waals surface area contributed by atoms with Gasteiger partial charge in [0.25, 0.3) is 0 Å². The lowest BCUT2D eigenvalue weighted by Gasteiger charge is -2.18. The van der Waals surface area contributed by atoms with Crippen molar-refractivity contribution in [1.82, 2.24) is 20.5 Å². The first-order valence-corrected chi connectivity index (χ1v) is 10.5. The van der Waals surface area contributed by atoms with Gasteiger partial charge in [0.05, 0.1) is 11.6 Å². The van der Waals surface area contributed by atoms with Crippen LogP contribution in [0.25, 0.3) is 0 Å². The van der Waals surface area contributed by atoms with E-state index >= 15 is 0 Å². The number of aromatic nitrogens is 1. The van der Waals surface area contributed by atoms with Crippen molar-refractivity contribution in [2.75, 3.05) is 39.8 Å². The topological polar surface area (TPSA) is 78.9 Å². The summed E-state index contributed by atoms with van der Waals surface area (Å²) < 4.78 is 5.56. The third kappa shape index (κ3) is 6.91. The molecule has 2 heterocycles. The van der Waals surface area contributed by atoms with Gasteiger partial charge in [-0.1, -0.05) is 41.9 Å². The zero-order chi connectivity index (χ0) is 21.2. The number of nitrogens with zero attached hydrogens (tertiary/aromatic N) is 3. The van der Waals surface area contributed by atoms with Crippen LogP contribution in [0.2, 0.25) is 5.02 Å². The molecule has 0 saturated carbocycles. The summed E-state index contributed by atoms with van der Waals surface area (Å²) in [4.78, 5) is 22.6. The third-order valence-corrected chi connectivity index (χ3v) is 5.16. The summed E-state index contributed by atoms with van der Waals surface area (Å²) in [6.07, 6.45) is 3.01. The number of pyridine rings is 1. The number of guanidine groups is 1. The van der Waals surface area contributed by atoms with Crippen LogP contribution in [0.3, 0.4) is 0 Å². The number of rotatable bonds is 9. The van der Waals surface area contributed by atoms with Crippen molar-refractivity contribution in [2.45, 2.75) is 12.8 Å². The Bertz CT molecular complexity index is 829. The molecule has 0 bridgehead atoms. The molecule has 1 aromatic heterocycles. The molecule has 0 aliphatic carbocycles. The van der Waals surface area contributed by atoms with Crippen molar-refractivity contribution in [1.29, 1.82) is 0 Å². The molecule has 1 fully saturated rings. The molecule has 7 nitrogen and oxygen atoms in total. The first-order valence-electron chi connectivity index (χ1n) is 10.1. The van der Waals surface area contributed by atoms with Crippen LogP contribution in [0.1, 0.15) is 12.0 Å². The fraction of sp³-hybridized carbons (Fsp3) is 0.409. The van der Waals surface area contributed by atoms with E-state index in [4.69, 9.17) is 16.3 Å². The van der Waals surface area contributed by atoms with Crippen LogP contribution in [0, 0.1) is 5.92 Å². The van der Waals surface area contributed by atoms with Gasteiger partial charge >= 0.3 is 0 Å². The van der Waals surface area contributed by atoms with Gasteiger partial charge in [-0.2, -0.15) is 0 Å². The van der Waals surface area contributed by atoms with Crippen molar-refractivity contribution in [3.63, 3.8) is 0 Å². The van der Waals surface area contributed by atoms with Gasteiger partial charge in [0.1, 0.15) is 6.61 Å². The fourth-order valence-corrected chi connectivity index (χ4v) is 3.46. The van der Waals surface area contributed by atoms with Gasteiger partial charge < -0.3 is 20.3 Å². The highest BCUT2D eigenvalue weighted by molar-refractivity contribution is 6.30. The lowest BCUT2D eigenvalue weighted by Crippen LogP contribution is -2.41. The SMILES string of the molecule is CN=C(NCCOc1ccc(Cl)cn1)NCC1CC(=O)N(CCc2ccccc2)C1. The van der Waals surface area contributed by atoms with E-state index in [2.05, 4.69) is 32.7 Å². The molecule has 1 aromatic carbocycles. The van der Waals surface area contributed by atoms with Gasteiger partial charge in [0, 0.05) is 51.3 Å². The lowest BCUT2D eigenvalue weighted by molar-refractivity contribution is -0.127. The molecular weight excluding hydrogens is 402 g/mol. The van der Waals surface area contributed by atoms with Gasteiger partial charge in [-0.25, -0.2) is 4.98 Å². The third-order valence-electron chi connectivity index (χ3n) is 4.93. The summed E-state index contributed by atoms with van der Waals surface area (Å²) in [5, 5.41) is 7.09. The Hall–Kier alpha value is -2.80. The predicted octanol–water partition coefficient (Wildman–Crippen LogP) is 2.37. The van der Waals surface area contributed by atoms with Gasteiger partial charge in [0.2, 0.25) is 11.8 Å². The van der Waals surface area contributed by atoms with Crippen LogP contribution in [-0.4, -0.2) is 61.6 Å². The summed E-state index contributed by atoms with van der Waals surface area (Å²) in [6.45, 7) is 3.28. The highest BCUT2D eigenvalue weighted by Crippen LogP contribution is 2.17. The summed E-state index contributed by atoms with van der Waals surface area (Å²) in [5.41, 5.74) is 1.26. The first-order chi connectivity index (χ1) is 14.6. The normalized spacial score (nSPS) is 16.6. The van der Waals surface area contributed by atoms with Gasteiger partial charge in [-0.3, -0.25) is 9.79 Å². The number of benzene rings is 1. The van der Waals surface area contributed by atoms with E-state index in [0.717, 1.165) is 19.5 Å². The summed E-state index contributed by atoms with van der Waals surface area (Å²) in [7, 11) is 1.73. The Labute approximate surface area is 182 Å². The van der Waals surface area contributed by atoms with Crippen molar-refractivity contribution >= 4 is 23.5 Å².